The maximum Gasteiger partial charge on any atom is 0.270 e. The second kappa shape index (κ2) is 6.04. The molecule has 118 valence electrons. The molecular formula is C16H18F2N2O2. The Balaban J connectivity index is 1.75. The average molecular weight is 308 g/mol. The van der Waals surface area contributed by atoms with E-state index in [0.29, 0.717) is 35.6 Å². The first-order chi connectivity index (χ1) is 10.6. The number of nitrogens with zero attached hydrogens (tertiary/aromatic N) is 1. The lowest BCUT2D eigenvalue weighted by Crippen LogP contribution is -2.38. The van der Waals surface area contributed by atoms with Gasteiger partial charge in [0.05, 0.1) is 0 Å². The van der Waals surface area contributed by atoms with E-state index < -0.39 is 11.6 Å². The molecule has 3 rings (SSSR count). The highest BCUT2D eigenvalue weighted by atomic mass is 19.2. The number of hydrogen-bond acceptors (Lipinski definition) is 2. The van der Waals surface area contributed by atoms with Crippen molar-refractivity contribution in [3.63, 3.8) is 0 Å². The number of aromatic amines is 1. The fourth-order valence-electron chi connectivity index (χ4n) is 3.02. The monoisotopic (exact) mass is 308 g/mol. The smallest absolute Gasteiger partial charge is 0.270 e. The molecular weight excluding hydrogens is 290 g/mol. The number of carbonyl (C=O) groups is 1. The molecule has 1 aliphatic rings. The van der Waals surface area contributed by atoms with E-state index in [9.17, 15) is 13.6 Å². The Morgan fingerprint density at radius 3 is 2.59 bits per heavy atom. The molecule has 0 spiro atoms. The molecule has 0 bridgehead atoms. The van der Waals surface area contributed by atoms with Crippen LogP contribution < -0.4 is 0 Å². The normalized spacial score (nSPS) is 16.4. The van der Waals surface area contributed by atoms with Gasteiger partial charge in [0.15, 0.2) is 11.6 Å². The van der Waals surface area contributed by atoms with Gasteiger partial charge in [-0.15, -0.1) is 0 Å². The maximum atomic E-state index is 13.2. The van der Waals surface area contributed by atoms with Crippen molar-refractivity contribution in [3.8, 4) is 0 Å². The molecule has 0 unspecified atom stereocenters. The highest BCUT2D eigenvalue weighted by Crippen LogP contribution is 2.24. The van der Waals surface area contributed by atoms with Gasteiger partial charge in [-0.05, 0) is 37.3 Å². The third-order valence-electron chi connectivity index (χ3n) is 4.33. The van der Waals surface area contributed by atoms with Crippen molar-refractivity contribution in [3.05, 3.63) is 35.5 Å². The number of piperidine rings is 1. The largest absolute Gasteiger partial charge is 0.396 e. The Hall–Kier alpha value is -1.95. The first kappa shape index (κ1) is 15.0. The Morgan fingerprint density at radius 2 is 1.91 bits per heavy atom. The van der Waals surface area contributed by atoms with Gasteiger partial charge in [-0.1, -0.05) is 0 Å². The van der Waals surface area contributed by atoms with Crippen molar-refractivity contribution in [1.82, 2.24) is 9.88 Å². The summed E-state index contributed by atoms with van der Waals surface area (Å²) in [5, 5.41) is 9.43. The van der Waals surface area contributed by atoms with Gasteiger partial charge < -0.3 is 15.0 Å². The second-order valence-corrected chi connectivity index (χ2v) is 5.78. The molecule has 0 radical (unpaired) electrons. The standard InChI is InChI=1S/C16H18F2N2O2/c17-12-7-11-8-15(19-14(11)9-13(12)18)16(22)20-4-1-10(2-5-20)3-6-21/h7-10,19,21H,1-6H2. The van der Waals surface area contributed by atoms with Crippen LogP contribution in [0.2, 0.25) is 0 Å². The molecule has 1 aromatic carbocycles. The van der Waals surface area contributed by atoms with Gasteiger partial charge in [-0.3, -0.25) is 4.79 Å². The molecule has 0 saturated carbocycles. The van der Waals surface area contributed by atoms with Crippen LogP contribution in [0.4, 0.5) is 8.78 Å². The number of hydrogen-bond donors (Lipinski definition) is 2. The molecule has 2 N–H and O–H groups in total. The fraction of sp³-hybridized carbons (Fsp3) is 0.438. The predicted octanol–water partition coefficient (Wildman–Crippen LogP) is 2.68. The minimum atomic E-state index is -0.932. The minimum absolute atomic E-state index is 0.153. The van der Waals surface area contributed by atoms with E-state index in [1.165, 1.54) is 0 Å². The minimum Gasteiger partial charge on any atom is -0.396 e. The summed E-state index contributed by atoms with van der Waals surface area (Å²) in [6.07, 6.45) is 2.51. The van der Waals surface area contributed by atoms with E-state index >= 15 is 0 Å². The molecule has 6 heteroatoms. The molecule has 22 heavy (non-hydrogen) atoms. The number of carbonyl (C=O) groups excluding carboxylic acids is 1. The number of nitrogens with one attached hydrogen (secondary N) is 1. The number of aromatic nitrogens is 1. The zero-order valence-corrected chi connectivity index (χ0v) is 12.1. The molecule has 1 fully saturated rings. The van der Waals surface area contributed by atoms with E-state index in [1.807, 2.05) is 0 Å². The van der Waals surface area contributed by atoms with Gasteiger partial charge in [0, 0.05) is 36.7 Å². The van der Waals surface area contributed by atoms with E-state index in [2.05, 4.69) is 4.98 Å². The number of halogens is 2. The molecule has 1 amide bonds. The first-order valence-electron chi connectivity index (χ1n) is 7.46. The summed E-state index contributed by atoms with van der Waals surface area (Å²) in [4.78, 5) is 17.1. The zero-order valence-electron chi connectivity index (χ0n) is 12.1. The van der Waals surface area contributed by atoms with Crippen LogP contribution in [-0.2, 0) is 0 Å². The lowest BCUT2D eigenvalue weighted by molar-refractivity contribution is 0.0673. The molecule has 1 saturated heterocycles. The summed E-state index contributed by atoms with van der Waals surface area (Å²) >= 11 is 0. The quantitative estimate of drug-likeness (QED) is 0.916. The van der Waals surface area contributed by atoms with Gasteiger partial charge in [-0.2, -0.15) is 0 Å². The highest BCUT2D eigenvalue weighted by Gasteiger charge is 2.24. The van der Waals surface area contributed by atoms with Crippen molar-refractivity contribution < 1.29 is 18.7 Å². The topological polar surface area (TPSA) is 56.3 Å². The molecule has 0 atom stereocenters. The fourth-order valence-corrected chi connectivity index (χ4v) is 3.02. The van der Waals surface area contributed by atoms with Crippen LogP contribution in [0, 0.1) is 17.6 Å². The average Bonchev–Trinajstić information content (AvgIpc) is 2.91. The number of amides is 1. The zero-order chi connectivity index (χ0) is 15.7. The Bertz CT molecular complexity index is 652. The van der Waals surface area contributed by atoms with Crippen molar-refractivity contribution in [2.24, 2.45) is 5.92 Å². The van der Waals surface area contributed by atoms with Crippen LogP contribution in [0.1, 0.15) is 29.8 Å². The summed E-state index contributed by atoms with van der Waals surface area (Å²) in [5.74, 6) is -1.55. The van der Waals surface area contributed by atoms with E-state index in [-0.39, 0.29) is 12.5 Å². The number of rotatable bonds is 3. The van der Waals surface area contributed by atoms with Crippen LogP contribution in [-0.4, -0.2) is 40.6 Å². The Kier molecular flexibility index (Phi) is 4.11. The van der Waals surface area contributed by atoms with Crippen molar-refractivity contribution in [2.45, 2.75) is 19.3 Å². The first-order valence-corrected chi connectivity index (χ1v) is 7.46. The lowest BCUT2D eigenvalue weighted by atomic mass is 9.94. The van der Waals surface area contributed by atoms with Gasteiger partial charge >= 0.3 is 0 Å². The van der Waals surface area contributed by atoms with Gasteiger partial charge in [0.2, 0.25) is 0 Å². The van der Waals surface area contributed by atoms with E-state index in [1.54, 1.807) is 11.0 Å². The number of likely N-dealkylation sites (tertiary alicyclic amines) is 1. The molecule has 1 aromatic heterocycles. The van der Waals surface area contributed by atoms with Crippen molar-refractivity contribution in [2.75, 3.05) is 19.7 Å². The Labute approximate surface area is 126 Å². The number of aliphatic hydroxyl groups excluding tert-OH is 1. The molecule has 0 aliphatic carbocycles. The van der Waals surface area contributed by atoms with Gasteiger partial charge in [0.1, 0.15) is 5.69 Å². The summed E-state index contributed by atoms with van der Waals surface area (Å²) in [5.41, 5.74) is 0.762. The number of fused-ring (bicyclic) bond motifs is 1. The molecule has 1 aliphatic heterocycles. The third kappa shape index (κ3) is 2.83. The van der Waals surface area contributed by atoms with E-state index in [4.69, 9.17) is 5.11 Å². The summed E-state index contributed by atoms with van der Waals surface area (Å²) in [7, 11) is 0. The highest BCUT2D eigenvalue weighted by molar-refractivity contribution is 5.98. The predicted molar refractivity (Wildman–Crippen MR) is 78.5 cm³/mol. The van der Waals surface area contributed by atoms with E-state index in [0.717, 1.165) is 31.4 Å². The van der Waals surface area contributed by atoms with Crippen LogP contribution in [0.5, 0.6) is 0 Å². The van der Waals surface area contributed by atoms with Crippen LogP contribution >= 0.6 is 0 Å². The van der Waals surface area contributed by atoms with Crippen molar-refractivity contribution in [1.29, 1.82) is 0 Å². The summed E-state index contributed by atoms with van der Waals surface area (Å²) in [6.45, 7) is 1.46. The number of aliphatic hydroxyl groups is 1. The SMILES string of the molecule is O=C(c1cc2cc(F)c(F)cc2[nH]1)N1CCC(CCO)CC1. The third-order valence-corrected chi connectivity index (χ3v) is 4.33. The van der Waals surface area contributed by atoms with Gasteiger partial charge in [0.25, 0.3) is 5.91 Å². The maximum absolute atomic E-state index is 13.2. The molecule has 2 heterocycles. The number of H-pyrrole nitrogens is 1. The summed E-state index contributed by atoms with van der Waals surface area (Å²) in [6, 6.07) is 3.71. The van der Waals surface area contributed by atoms with Crippen LogP contribution in [0.3, 0.4) is 0 Å². The van der Waals surface area contributed by atoms with Crippen LogP contribution in [0.15, 0.2) is 18.2 Å². The molecule has 4 nitrogen and oxygen atoms in total. The molecule has 2 aromatic rings. The van der Waals surface area contributed by atoms with Gasteiger partial charge in [-0.25, -0.2) is 8.78 Å². The van der Waals surface area contributed by atoms with Crippen molar-refractivity contribution >= 4 is 16.8 Å². The summed E-state index contributed by atoms with van der Waals surface area (Å²) < 4.78 is 26.4. The lowest BCUT2D eigenvalue weighted by Gasteiger charge is -2.31. The second-order valence-electron chi connectivity index (χ2n) is 5.78. The van der Waals surface area contributed by atoms with Crippen LogP contribution in [0.25, 0.3) is 10.9 Å². The number of benzene rings is 1. The Morgan fingerprint density at radius 1 is 1.23 bits per heavy atom.